The lowest BCUT2D eigenvalue weighted by Gasteiger charge is -2.42. The Balaban J connectivity index is 2.43. The molecule has 1 heterocycles. The fourth-order valence-electron chi connectivity index (χ4n) is 2.48. The molecule has 2 N–H and O–H groups in total. The molecule has 0 spiro atoms. The molecule has 0 saturated carbocycles. The number of likely N-dealkylation sites (N-methyl/N-ethyl adjacent to an activating group) is 1. The summed E-state index contributed by atoms with van der Waals surface area (Å²) >= 11 is 0. The van der Waals surface area contributed by atoms with Gasteiger partial charge in [-0.15, -0.1) is 0 Å². The fraction of sp³-hybridized carbons (Fsp3) is 1.00. The van der Waals surface area contributed by atoms with Crippen LogP contribution in [-0.4, -0.2) is 54.6 Å². The molecule has 0 aromatic carbocycles. The Kier molecular flexibility index (Phi) is 4.35. The second-order valence-corrected chi connectivity index (χ2v) is 4.91. The molecule has 0 aliphatic carbocycles. The van der Waals surface area contributed by atoms with Gasteiger partial charge in [-0.05, 0) is 34.2 Å². The lowest BCUT2D eigenvalue weighted by Crippen LogP contribution is -2.54. The highest BCUT2D eigenvalue weighted by atomic mass is 15.3. The van der Waals surface area contributed by atoms with E-state index >= 15 is 0 Å². The van der Waals surface area contributed by atoms with E-state index in [1.165, 1.54) is 19.6 Å². The molecule has 1 aliphatic rings. The summed E-state index contributed by atoms with van der Waals surface area (Å²) in [6.07, 6.45) is 1.11. The third kappa shape index (κ3) is 3.23. The van der Waals surface area contributed by atoms with Crippen LogP contribution in [-0.2, 0) is 0 Å². The van der Waals surface area contributed by atoms with Crippen molar-refractivity contribution < 1.29 is 0 Å². The van der Waals surface area contributed by atoms with Crippen molar-refractivity contribution in [3.05, 3.63) is 0 Å². The molecule has 1 rings (SSSR count). The van der Waals surface area contributed by atoms with Crippen LogP contribution >= 0.6 is 0 Å². The zero-order chi connectivity index (χ0) is 10.7. The molecule has 3 atom stereocenters. The van der Waals surface area contributed by atoms with Gasteiger partial charge >= 0.3 is 0 Å². The van der Waals surface area contributed by atoms with Crippen LogP contribution in [0.5, 0.6) is 0 Å². The summed E-state index contributed by atoms with van der Waals surface area (Å²) in [6.45, 7) is 10.3. The number of nitrogens with zero attached hydrogens (tertiary/aromatic N) is 2. The first-order valence-electron chi connectivity index (χ1n) is 5.70. The lowest BCUT2D eigenvalue weighted by atomic mass is 10.1. The molecule has 3 heteroatoms. The maximum atomic E-state index is 5.84. The Morgan fingerprint density at radius 1 is 1.36 bits per heavy atom. The zero-order valence-corrected chi connectivity index (χ0v) is 10.0. The monoisotopic (exact) mass is 199 g/mol. The van der Waals surface area contributed by atoms with E-state index in [9.17, 15) is 0 Å². The molecule has 3 nitrogen and oxygen atoms in total. The molecule has 0 bridgehead atoms. The summed E-state index contributed by atoms with van der Waals surface area (Å²) < 4.78 is 0. The fourth-order valence-corrected chi connectivity index (χ4v) is 2.48. The van der Waals surface area contributed by atoms with E-state index in [2.05, 4.69) is 37.6 Å². The topological polar surface area (TPSA) is 32.5 Å². The van der Waals surface area contributed by atoms with Crippen LogP contribution in [0.3, 0.4) is 0 Å². The van der Waals surface area contributed by atoms with Gasteiger partial charge in [0.25, 0.3) is 0 Å². The second-order valence-electron chi connectivity index (χ2n) is 4.91. The Morgan fingerprint density at radius 2 is 2.00 bits per heavy atom. The Labute approximate surface area is 88.2 Å². The van der Waals surface area contributed by atoms with E-state index in [0.717, 1.165) is 6.42 Å². The minimum Gasteiger partial charge on any atom is -0.328 e. The predicted molar refractivity (Wildman–Crippen MR) is 61.4 cm³/mol. The van der Waals surface area contributed by atoms with Gasteiger partial charge in [-0.25, -0.2) is 0 Å². The summed E-state index contributed by atoms with van der Waals surface area (Å²) in [5.74, 6) is 0. The first-order chi connectivity index (χ1) is 6.50. The molecule has 1 aliphatic heterocycles. The zero-order valence-electron chi connectivity index (χ0n) is 10.0. The first-order valence-corrected chi connectivity index (χ1v) is 5.70. The number of nitrogens with two attached hydrogens (primary N) is 1. The van der Waals surface area contributed by atoms with Crippen molar-refractivity contribution in [1.82, 2.24) is 9.80 Å². The summed E-state index contributed by atoms with van der Waals surface area (Å²) in [6, 6.07) is 1.61. The van der Waals surface area contributed by atoms with Crippen molar-refractivity contribution >= 4 is 0 Å². The van der Waals surface area contributed by atoms with Crippen LogP contribution in [0, 0.1) is 0 Å². The van der Waals surface area contributed by atoms with Gasteiger partial charge in [-0.2, -0.15) is 0 Å². The Hall–Kier alpha value is -0.120. The van der Waals surface area contributed by atoms with Crippen molar-refractivity contribution in [3.8, 4) is 0 Å². The van der Waals surface area contributed by atoms with Crippen LogP contribution in [0.1, 0.15) is 27.2 Å². The summed E-state index contributed by atoms with van der Waals surface area (Å²) in [4.78, 5) is 4.99. The van der Waals surface area contributed by atoms with Crippen molar-refractivity contribution in [2.24, 2.45) is 5.73 Å². The lowest BCUT2D eigenvalue weighted by molar-refractivity contribution is 0.0625. The van der Waals surface area contributed by atoms with Crippen LogP contribution in [0.15, 0.2) is 0 Å². The highest BCUT2D eigenvalue weighted by Gasteiger charge is 2.25. The summed E-state index contributed by atoms with van der Waals surface area (Å²) in [5.41, 5.74) is 5.84. The number of piperazine rings is 1. The van der Waals surface area contributed by atoms with E-state index in [1.54, 1.807) is 0 Å². The van der Waals surface area contributed by atoms with Crippen molar-refractivity contribution in [2.45, 2.75) is 45.3 Å². The van der Waals surface area contributed by atoms with E-state index in [1.807, 2.05) is 0 Å². The molecule has 0 aromatic rings. The molecular formula is C11H25N3. The minimum absolute atomic E-state index is 0.317. The molecule has 0 aromatic heterocycles. The van der Waals surface area contributed by atoms with E-state index < -0.39 is 0 Å². The average Bonchev–Trinajstić information content (AvgIpc) is 2.01. The van der Waals surface area contributed by atoms with Gasteiger partial charge in [0.05, 0.1) is 0 Å². The van der Waals surface area contributed by atoms with Crippen molar-refractivity contribution in [2.75, 3.05) is 26.7 Å². The normalized spacial score (nSPS) is 30.2. The van der Waals surface area contributed by atoms with E-state index in [0.29, 0.717) is 18.1 Å². The van der Waals surface area contributed by atoms with Gasteiger partial charge < -0.3 is 10.6 Å². The van der Waals surface area contributed by atoms with Crippen LogP contribution in [0.2, 0.25) is 0 Å². The Bertz CT molecular complexity index is 170. The SMILES string of the molecule is CC(N)CC(C)N1CCN(C)CC1C. The summed E-state index contributed by atoms with van der Waals surface area (Å²) in [7, 11) is 2.20. The third-order valence-corrected chi connectivity index (χ3v) is 3.16. The standard InChI is InChI=1S/C11H25N3/c1-9(12)7-10(2)14-6-5-13(4)8-11(14)3/h9-11H,5-8,12H2,1-4H3. The third-order valence-electron chi connectivity index (χ3n) is 3.16. The highest BCUT2D eigenvalue weighted by Crippen LogP contribution is 2.14. The van der Waals surface area contributed by atoms with Gasteiger partial charge in [-0.1, -0.05) is 0 Å². The molecule has 14 heavy (non-hydrogen) atoms. The molecule has 3 unspecified atom stereocenters. The van der Waals surface area contributed by atoms with Gasteiger partial charge in [0.1, 0.15) is 0 Å². The van der Waals surface area contributed by atoms with Crippen LogP contribution < -0.4 is 5.73 Å². The van der Waals surface area contributed by atoms with Crippen molar-refractivity contribution in [1.29, 1.82) is 0 Å². The Morgan fingerprint density at radius 3 is 2.50 bits per heavy atom. The highest BCUT2D eigenvalue weighted by molar-refractivity contribution is 4.82. The first kappa shape index (κ1) is 12.0. The smallest absolute Gasteiger partial charge is 0.0198 e. The molecule has 0 radical (unpaired) electrons. The van der Waals surface area contributed by atoms with Gasteiger partial charge in [0.2, 0.25) is 0 Å². The van der Waals surface area contributed by atoms with Crippen LogP contribution in [0.4, 0.5) is 0 Å². The maximum absolute atomic E-state index is 5.84. The maximum Gasteiger partial charge on any atom is 0.0198 e. The number of hydrogen-bond donors (Lipinski definition) is 1. The second kappa shape index (κ2) is 5.10. The largest absolute Gasteiger partial charge is 0.328 e. The molecular weight excluding hydrogens is 174 g/mol. The summed E-state index contributed by atoms with van der Waals surface area (Å²) in [5, 5.41) is 0. The van der Waals surface area contributed by atoms with E-state index in [-0.39, 0.29) is 0 Å². The molecule has 1 fully saturated rings. The molecule has 84 valence electrons. The van der Waals surface area contributed by atoms with Crippen LogP contribution in [0.25, 0.3) is 0 Å². The van der Waals surface area contributed by atoms with Gasteiger partial charge in [0, 0.05) is 37.8 Å². The number of rotatable bonds is 3. The quantitative estimate of drug-likeness (QED) is 0.728. The predicted octanol–water partition coefficient (Wildman–Crippen LogP) is 0.748. The number of hydrogen-bond acceptors (Lipinski definition) is 3. The average molecular weight is 199 g/mol. The molecule has 1 saturated heterocycles. The van der Waals surface area contributed by atoms with E-state index in [4.69, 9.17) is 5.73 Å². The molecule has 0 amide bonds. The van der Waals surface area contributed by atoms with Crippen molar-refractivity contribution in [3.63, 3.8) is 0 Å². The minimum atomic E-state index is 0.317. The van der Waals surface area contributed by atoms with Gasteiger partial charge in [-0.3, -0.25) is 4.90 Å². The van der Waals surface area contributed by atoms with Gasteiger partial charge in [0.15, 0.2) is 0 Å².